The highest BCUT2D eigenvalue weighted by atomic mass is 19.3. The molecule has 0 spiro atoms. The van der Waals surface area contributed by atoms with Crippen molar-refractivity contribution >= 4 is 0 Å². The van der Waals surface area contributed by atoms with Gasteiger partial charge in [0.05, 0.1) is 0 Å². The number of halogens is 4. The lowest BCUT2D eigenvalue weighted by Gasteiger charge is -2.12. The second-order valence-electron chi connectivity index (χ2n) is 5.15. The highest BCUT2D eigenvalue weighted by Crippen LogP contribution is 2.45. The highest BCUT2D eigenvalue weighted by Gasteiger charge is 2.44. The van der Waals surface area contributed by atoms with Crippen LogP contribution in [0.5, 0.6) is 23.0 Å². The van der Waals surface area contributed by atoms with Crippen LogP contribution in [0.3, 0.4) is 0 Å². The first-order valence-corrected chi connectivity index (χ1v) is 6.70. The number of fused-ring (bicyclic) bond motifs is 2. The lowest BCUT2D eigenvalue weighted by molar-refractivity contribution is -0.287. The van der Waals surface area contributed by atoms with Crippen LogP contribution in [-0.2, 0) is 0 Å². The third kappa shape index (κ3) is 2.46. The molecule has 0 fully saturated rings. The van der Waals surface area contributed by atoms with Crippen molar-refractivity contribution in [3.63, 3.8) is 0 Å². The zero-order valence-corrected chi connectivity index (χ0v) is 11.6. The molecule has 24 heavy (non-hydrogen) atoms. The van der Waals surface area contributed by atoms with Crippen LogP contribution >= 0.6 is 0 Å². The molecule has 2 heterocycles. The Morgan fingerprint density at radius 3 is 1.46 bits per heavy atom. The third-order valence-corrected chi connectivity index (χ3v) is 3.48. The lowest BCUT2D eigenvalue weighted by Crippen LogP contribution is -2.25. The highest BCUT2D eigenvalue weighted by molar-refractivity contribution is 5.50. The maximum absolute atomic E-state index is 13.0. The first kappa shape index (κ1) is 14.9. The number of benzene rings is 2. The van der Waals surface area contributed by atoms with Gasteiger partial charge < -0.3 is 24.1 Å². The molecule has 2 aromatic carbocycles. The zero-order chi connectivity index (χ0) is 17.1. The third-order valence-electron chi connectivity index (χ3n) is 3.48. The van der Waals surface area contributed by atoms with E-state index in [0.29, 0.717) is 0 Å². The van der Waals surface area contributed by atoms with Gasteiger partial charge in [-0.05, 0) is 35.4 Å². The number of hydrogen-bond donors (Lipinski definition) is 1. The molecule has 0 saturated carbocycles. The summed E-state index contributed by atoms with van der Waals surface area (Å²) in [6.45, 7) is 0. The monoisotopic (exact) mass is 344 g/mol. The number of ether oxygens (including phenoxy) is 4. The summed E-state index contributed by atoms with van der Waals surface area (Å²) in [4.78, 5) is 0. The van der Waals surface area contributed by atoms with E-state index in [9.17, 15) is 22.7 Å². The van der Waals surface area contributed by atoms with E-state index in [1.54, 1.807) is 0 Å². The van der Waals surface area contributed by atoms with Crippen molar-refractivity contribution in [1.29, 1.82) is 0 Å². The fourth-order valence-electron chi connectivity index (χ4n) is 2.46. The topological polar surface area (TPSA) is 57.2 Å². The average molecular weight is 344 g/mol. The lowest BCUT2D eigenvalue weighted by atomic mass is 10.0. The van der Waals surface area contributed by atoms with Crippen LogP contribution in [0.4, 0.5) is 17.6 Å². The molecule has 126 valence electrons. The first-order chi connectivity index (χ1) is 11.2. The Balaban J connectivity index is 1.63. The van der Waals surface area contributed by atoms with E-state index in [0.717, 1.165) is 0 Å². The van der Waals surface area contributed by atoms with Crippen LogP contribution in [0.15, 0.2) is 36.4 Å². The van der Waals surface area contributed by atoms with Crippen molar-refractivity contribution in [3.8, 4) is 23.0 Å². The molecule has 1 N–H and O–H groups in total. The zero-order valence-electron chi connectivity index (χ0n) is 11.6. The van der Waals surface area contributed by atoms with Crippen molar-refractivity contribution < 1.29 is 41.6 Å². The summed E-state index contributed by atoms with van der Waals surface area (Å²) < 4.78 is 69.2. The minimum absolute atomic E-state index is 0.165. The van der Waals surface area contributed by atoms with Gasteiger partial charge in [-0.3, -0.25) is 0 Å². The van der Waals surface area contributed by atoms with E-state index in [1.165, 1.54) is 36.4 Å². The molecule has 0 atom stereocenters. The summed E-state index contributed by atoms with van der Waals surface area (Å²) in [7, 11) is 0. The summed E-state index contributed by atoms with van der Waals surface area (Å²) in [6, 6.07) is 7.51. The van der Waals surface area contributed by atoms with Crippen LogP contribution in [-0.4, -0.2) is 17.7 Å². The van der Waals surface area contributed by atoms with Gasteiger partial charge in [0.2, 0.25) is 0 Å². The molecule has 0 saturated heterocycles. The second-order valence-corrected chi connectivity index (χ2v) is 5.15. The average Bonchev–Trinajstić information content (AvgIpc) is 2.96. The van der Waals surface area contributed by atoms with Crippen LogP contribution in [0.2, 0.25) is 0 Å². The molecular weight excluding hydrogens is 336 g/mol. The fourth-order valence-corrected chi connectivity index (χ4v) is 2.46. The van der Waals surface area contributed by atoms with Crippen molar-refractivity contribution in [1.82, 2.24) is 0 Å². The molecule has 5 nitrogen and oxygen atoms in total. The van der Waals surface area contributed by atoms with Crippen molar-refractivity contribution in [2.45, 2.75) is 18.7 Å². The van der Waals surface area contributed by atoms with Crippen molar-refractivity contribution in [3.05, 3.63) is 47.5 Å². The first-order valence-electron chi connectivity index (χ1n) is 6.70. The quantitative estimate of drug-likeness (QED) is 0.846. The smallest absolute Gasteiger partial charge is 0.395 e. The molecule has 2 aromatic rings. The molecule has 4 rings (SSSR count). The minimum Gasteiger partial charge on any atom is -0.395 e. The molecule has 2 aliphatic heterocycles. The van der Waals surface area contributed by atoms with E-state index in [1.807, 2.05) is 0 Å². The number of aliphatic hydroxyl groups excluding tert-OH is 1. The largest absolute Gasteiger partial charge is 0.586 e. The molecule has 0 radical (unpaired) electrons. The number of aliphatic hydroxyl groups is 1. The number of hydrogen-bond acceptors (Lipinski definition) is 5. The SMILES string of the molecule is OC(c1ccc2c(c1)OC(F)(F)O2)c1ccc2c(c1)OC(F)(F)O2. The summed E-state index contributed by atoms with van der Waals surface area (Å²) >= 11 is 0. The van der Waals surface area contributed by atoms with Crippen molar-refractivity contribution in [2.24, 2.45) is 0 Å². The van der Waals surface area contributed by atoms with Gasteiger partial charge in [-0.15, -0.1) is 17.6 Å². The Labute approximate surface area is 131 Å². The standard InChI is InChI=1S/C15H8F4O5/c16-14(17)21-9-3-1-7(5-11(9)23-14)13(20)8-2-4-10-12(6-8)24-15(18,19)22-10/h1-6,13,20H. The number of rotatable bonds is 2. The molecule has 0 unspecified atom stereocenters. The molecule has 0 aliphatic carbocycles. The van der Waals surface area contributed by atoms with E-state index in [-0.39, 0.29) is 34.1 Å². The Morgan fingerprint density at radius 2 is 1.04 bits per heavy atom. The van der Waals surface area contributed by atoms with Crippen LogP contribution in [0.25, 0.3) is 0 Å². The Kier molecular flexibility index (Phi) is 2.89. The Bertz CT molecular complexity index is 756. The molecular formula is C15H8F4O5. The van der Waals surface area contributed by atoms with E-state index < -0.39 is 18.7 Å². The van der Waals surface area contributed by atoms with Gasteiger partial charge in [-0.2, -0.15) is 0 Å². The second kappa shape index (κ2) is 4.67. The fraction of sp³-hybridized carbons (Fsp3) is 0.200. The molecule has 2 aliphatic rings. The maximum atomic E-state index is 13.0. The van der Waals surface area contributed by atoms with Gasteiger partial charge in [0.1, 0.15) is 6.10 Å². The predicted molar refractivity (Wildman–Crippen MR) is 69.4 cm³/mol. The van der Waals surface area contributed by atoms with Gasteiger partial charge in [0, 0.05) is 0 Å². The van der Waals surface area contributed by atoms with Gasteiger partial charge in [-0.25, -0.2) is 0 Å². The summed E-state index contributed by atoms with van der Waals surface area (Å²) in [5.41, 5.74) is 0.418. The van der Waals surface area contributed by atoms with Gasteiger partial charge in [0.15, 0.2) is 23.0 Å². The molecule has 0 amide bonds. The molecule has 9 heteroatoms. The molecule has 0 aromatic heterocycles. The van der Waals surface area contributed by atoms with E-state index in [4.69, 9.17) is 0 Å². The summed E-state index contributed by atoms with van der Waals surface area (Å²) in [6.07, 6.45) is -8.82. The van der Waals surface area contributed by atoms with Gasteiger partial charge >= 0.3 is 12.6 Å². The molecule has 0 bridgehead atoms. The van der Waals surface area contributed by atoms with Crippen molar-refractivity contribution in [2.75, 3.05) is 0 Å². The number of alkyl halides is 4. The minimum atomic E-state index is -3.77. The Hall–Kier alpha value is -2.68. The van der Waals surface area contributed by atoms with E-state index in [2.05, 4.69) is 18.9 Å². The van der Waals surface area contributed by atoms with Crippen LogP contribution in [0, 0.1) is 0 Å². The van der Waals surface area contributed by atoms with Gasteiger partial charge in [-0.1, -0.05) is 12.1 Å². The Morgan fingerprint density at radius 1 is 0.667 bits per heavy atom. The summed E-state index contributed by atoms with van der Waals surface area (Å²) in [5, 5.41) is 10.3. The van der Waals surface area contributed by atoms with E-state index >= 15 is 0 Å². The van der Waals surface area contributed by atoms with Crippen LogP contribution in [0.1, 0.15) is 17.2 Å². The van der Waals surface area contributed by atoms with Crippen LogP contribution < -0.4 is 18.9 Å². The van der Waals surface area contributed by atoms with Gasteiger partial charge in [0.25, 0.3) is 0 Å². The normalized spacial score (nSPS) is 18.9. The maximum Gasteiger partial charge on any atom is 0.586 e. The summed E-state index contributed by atoms with van der Waals surface area (Å²) in [5.74, 6) is -0.796. The predicted octanol–water partition coefficient (Wildman–Crippen LogP) is 3.41.